The fourth-order valence-electron chi connectivity index (χ4n) is 1.47. The minimum Gasteiger partial charge on any atom is -0.206 e. The molecule has 0 amide bonds. The highest BCUT2D eigenvalue weighted by molar-refractivity contribution is 6.32. The summed E-state index contributed by atoms with van der Waals surface area (Å²) in [7, 11) is 0. The summed E-state index contributed by atoms with van der Waals surface area (Å²) in [5.41, 5.74) is 1.54. The van der Waals surface area contributed by atoms with Crippen molar-refractivity contribution in [2.75, 3.05) is 0 Å². The molecule has 0 bridgehead atoms. The van der Waals surface area contributed by atoms with Crippen LogP contribution in [0.15, 0.2) is 42.5 Å². The molecule has 0 spiro atoms. The van der Waals surface area contributed by atoms with E-state index in [0.717, 1.165) is 0 Å². The summed E-state index contributed by atoms with van der Waals surface area (Å²) >= 11 is 5.89. The highest BCUT2D eigenvalue weighted by Crippen LogP contribution is 2.27. The smallest absolute Gasteiger partial charge is 0.131 e. The maximum Gasteiger partial charge on any atom is 0.131 e. The molecule has 0 aliphatic heterocycles. The topological polar surface area (TPSA) is 23.8 Å². The molecule has 0 saturated carbocycles. The first-order valence-electron chi connectivity index (χ1n) is 4.67. The summed E-state index contributed by atoms with van der Waals surface area (Å²) in [6.07, 6.45) is 0. The molecule has 0 aliphatic carbocycles. The molecular formula is C13H7ClFN. The van der Waals surface area contributed by atoms with Gasteiger partial charge in [0.2, 0.25) is 0 Å². The van der Waals surface area contributed by atoms with Crippen LogP contribution in [-0.2, 0) is 0 Å². The fourth-order valence-corrected chi connectivity index (χ4v) is 1.69. The van der Waals surface area contributed by atoms with Crippen LogP contribution in [0.25, 0.3) is 11.1 Å². The van der Waals surface area contributed by atoms with Gasteiger partial charge in [-0.1, -0.05) is 35.9 Å². The second kappa shape index (κ2) is 4.34. The summed E-state index contributed by atoms with van der Waals surface area (Å²) < 4.78 is 13.5. The van der Waals surface area contributed by atoms with E-state index in [4.69, 9.17) is 16.9 Å². The zero-order valence-electron chi connectivity index (χ0n) is 8.24. The number of halogens is 2. The zero-order chi connectivity index (χ0) is 11.5. The average Bonchev–Trinajstić information content (AvgIpc) is 2.29. The van der Waals surface area contributed by atoms with Crippen molar-refractivity contribution in [2.45, 2.75) is 0 Å². The van der Waals surface area contributed by atoms with Gasteiger partial charge in [0.15, 0.2) is 0 Å². The van der Waals surface area contributed by atoms with Crippen molar-refractivity contribution in [1.29, 1.82) is 5.26 Å². The summed E-state index contributed by atoms with van der Waals surface area (Å²) in [5, 5.41) is 9.06. The highest BCUT2D eigenvalue weighted by atomic mass is 35.5. The predicted octanol–water partition coefficient (Wildman–Crippen LogP) is 4.02. The van der Waals surface area contributed by atoms with Crippen molar-refractivity contribution in [3.63, 3.8) is 0 Å². The first-order chi connectivity index (χ1) is 7.72. The molecule has 0 aromatic heterocycles. The number of hydrogen-bond acceptors (Lipinski definition) is 1. The molecular weight excluding hydrogens is 225 g/mol. The summed E-state index contributed by atoms with van der Waals surface area (Å²) in [4.78, 5) is 0. The van der Waals surface area contributed by atoms with Crippen LogP contribution in [0.3, 0.4) is 0 Å². The lowest BCUT2D eigenvalue weighted by Gasteiger charge is -2.04. The molecule has 0 fully saturated rings. The van der Waals surface area contributed by atoms with Gasteiger partial charge < -0.3 is 0 Å². The van der Waals surface area contributed by atoms with Gasteiger partial charge in [-0.15, -0.1) is 0 Å². The Morgan fingerprint density at radius 3 is 2.50 bits per heavy atom. The van der Waals surface area contributed by atoms with Gasteiger partial charge in [-0.2, -0.15) is 5.26 Å². The number of nitrogens with zero attached hydrogens (tertiary/aromatic N) is 1. The molecule has 0 unspecified atom stereocenters. The molecule has 1 nitrogen and oxygen atoms in total. The molecule has 0 N–H and O–H groups in total. The summed E-state index contributed by atoms with van der Waals surface area (Å²) in [5.74, 6) is -0.303. The number of nitriles is 1. The van der Waals surface area contributed by atoms with E-state index in [9.17, 15) is 4.39 Å². The lowest BCUT2D eigenvalue weighted by molar-refractivity contribution is 0.631. The second-order valence-corrected chi connectivity index (χ2v) is 3.69. The lowest BCUT2D eigenvalue weighted by atomic mass is 10.0. The van der Waals surface area contributed by atoms with Crippen molar-refractivity contribution in [1.82, 2.24) is 0 Å². The van der Waals surface area contributed by atoms with Gasteiger partial charge in [0, 0.05) is 5.56 Å². The average molecular weight is 232 g/mol. The van der Waals surface area contributed by atoms with E-state index in [1.165, 1.54) is 6.07 Å². The SMILES string of the molecule is N#Cc1ccc(-c2ccccc2F)cc1Cl. The van der Waals surface area contributed by atoms with Gasteiger partial charge in [-0.05, 0) is 23.8 Å². The van der Waals surface area contributed by atoms with Gasteiger partial charge in [0.1, 0.15) is 11.9 Å². The van der Waals surface area contributed by atoms with E-state index in [1.807, 2.05) is 6.07 Å². The summed E-state index contributed by atoms with van der Waals surface area (Å²) in [6.45, 7) is 0. The van der Waals surface area contributed by atoms with E-state index in [-0.39, 0.29) is 5.82 Å². The van der Waals surface area contributed by atoms with Crippen LogP contribution < -0.4 is 0 Å². The van der Waals surface area contributed by atoms with Gasteiger partial charge in [-0.3, -0.25) is 0 Å². The van der Waals surface area contributed by atoms with Crippen LogP contribution in [0, 0.1) is 17.1 Å². The predicted molar refractivity (Wildman–Crippen MR) is 61.6 cm³/mol. The molecule has 78 valence electrons. The molecule has 0 saturated heterocycles. The first kappa shape index (κ1) is 10.7. The van der Waals surface area contributed by atoms with Crippen molar-refractivity contribution in [3.8, 4) is 17.2 Å². The molecule has 2 rings (SSSR count). The zero-order valence-corrected chi connectivity index (χ0v) is 9.00. The Kier molecular flexibility index (Phi) is 2.89. The van der Waals surface area contributed by atoms with Crippen LogP contribution in [-0.4, -0.2) is 0 Å². The van der Waals surface area contributed by atoms with Crippen molar-refractivity contribution in [3.05, 3.63) is 58.9 Å². The van der Waals surface area contributed by atoms with Crippen LogP contribution in [0.1, 0.15) is 5.56 Å². The molecule has 3 heteroatoms. The highest BCUT2D eigenvalue weighted by Gasteiger charge is 2.06. The molecule has 2 aromatic rings. The Morgan fingerprint density at radius 2 is 1.88 bits per heavy atom. The molecule has 0 radical (unpaired) electrons. The van der Waals surface area contributed by atoms with Crippen molar-refractivity contribution >= 4 is 11.6 Å². The monoisotopic (exact) mass is 231 g/mol. The third-order valence-electron chi connectivity index (χ3n) is 2.27. The lowest BCUT2D eigenvalue weighted by Crippen LogP contribution is -1.85. The molecule has 0 aliphatic rings. The normalized spacial score (nSPS) is 9.81. The quantitative estimate of drug-likeness (QED) is 0.727. The minimum atomic E-state index is -0.303. The molecule has 0 heterocycles. The minimum absolute atomic E-state index is 0.303. The van der Waals surface area contributed by atoms with Crippen LogP contribution in [0.2, 0.25) is 5.02 Å². The standard InChI is InChI=1S/C13H7ClFN/c14-12-7-9(5-6-10(12)8-16)11-3-1-2-4-13(11)15/h1-7H. The number of hydrogen-bond donors (Lipinski definition) is 0. The maximum absolute atomic E-state index is 13.5. The third kappa shape index (κ3) is 1.91. The Labute approximate surface area is 97.7 Å². The Bertz CT molecular complexity index is 572. The van der Waals surface area contributed by atoms with E-state index >= 15 is 0 Å². The Balaban J connectivity index is 2.55. The van der Waals surface area contributed by atoms with Gasteiger partial charge in [-0.25, -0.2) is 4.39 Å². The van der Waals surface area contributed by atoms with Crippen molar-refractivity contribution < 1.29 is 4.39 Å². The van der Waals surface area contributed by atoms with Crippen LogP contribution in [0.4, 0.5) is 4.39 Å². The van der Waals surface area contributed by atoms with Gasteiger partial charge in [0.05, 0.1) is 10.6 Å². The van der Waals surface area contributed by atoms with Gasteiger partial charge in [0.25, 0.3) is 0 Å². The largest absolute Gasteiger partial charge is 0.206 e. The molecule has 0 atom stereocenters. The van der Waals surface area contributed by atoms with E-state index < -0.39 is 0 Å². The Hall–Kier alpha value is -1.85. The second-order valence-electron chi connectivity index (χ2n) is 3.29. The number of rotatable bonds is 1. The van der Waals surface area contributed by atoms with Crippen LogP contribution >= 0.6 is 11.6 Å². The van der Waals surface area contributed by atoms with Crippen molar-refractivity contribution in [2.24, 2.45) is 0 Å². The molecule has 16 heavy (non-hydrogen) atoms. The third-order valence-corrected chi connectivity index (χ3v) is 2.59. The molecule has 2 aromatic carbocycles. The number of benzene rings is 2. The van der Waals surface area contributed by atoms with Gasteiger partial charge >= 0.3 is 0 Å². The summed E-state index contributed by atoms with van der Waals surface area (Å²) in [6, 6.07) is 13.3. The maximum atomic E-state index is 13.5. The van der Waals surface area contributed by atoms with E-state index in [2.05, 4.69) is 0 Å². The first-order valence-corrected chi connectivity index (χ1v) is 5.04. The Morgan fingerprint density at radius 1 is 1.12 bits per heavy atom. The van der Waals surface area contributed by atoms with Crippen LogP contribution in [0.5, 0.6) is 0 Å². The van der Waals surface area contributed by atoms with E-state index in [0.29, 0.717) is 21.7 Å². The van der Waals surface area contributed by atoms with E-state index in [1.54, 1.807) is 36.4 Å². The fraction of sp³-hybridized carbons (Fsp3) is 0.